The maximum atomic E-state index is 13.6. The molecule has 1 aliphatic rings. The standard InChI is InChI=1S/C13H15ClFNO4S/c1-8-5-16(6-11(8)13(17)18)21(19,20)7-9-4-10(14)2-3-12(9)15/h2-4,8,11H,5-7H2,1H3,(H,17,18)/t8-,11-/m1/s1. The van der Waals surface area contributed by atoms with Crippen molar-refractivity contribution in [3.63, 3.8) is 0 Å². The van der Waals surface area contributed by atoms with Crippen molar-refractivity contribution in [1.82, 2.24) is 4.31 Å². The lowest BCUT2D eigenvalue weighted by Gasteiger charge is -2.16. The van der Waals surface area contributed by atoms with Crippen molar-refractivity contribution in [1.29, 1.82) is 0 Å². The number of nitrogens with zero attached hydrogens (tertiary/aromatic N) is 1. The molecule has 116 valence electrons. The number of carbonyl (C=O) groups is 1. The van der Waals surface area contributed by atoms with Crippen molar-refractivity contribution >= 4 is 27.6 Å². The molecule has 21 heavy (non-hydrogen) atoms. The smallest absolute Gasteiger partial charge is 0.308 e. The van der Waals surface area contributed by atoms with Crippen LogP contribution >= 0.6 is 11.6 Å². The van der Waals surface area contributed by atoms with Crippen LogP contribution in [0.3, 0.4) is 0 Å². The third-order valence-electron chi connectivity index (χ3n) is 3.64. The zero-order valence-electron chi connectivity index (χ0n) is 11.3. The first-order valence-corrected chi connectivity index (χ1v) is 8.34. The number of rotatable bonds is 4. The summed E-state index contributed by atoms with van der Waals surface area (Å²) in [6.07, 6.45) is 0. The van der Waals surface area contributed by atoms with E-state index >= 15 is 0 Å². The molecule has 1 heterocycles. The Morgan fingerprint density at radius 1 is 1.48 bits per heavy atom. The van der Waals surface area contributed by atoms with Gasteiger partial charge in [-0.1, -0.05) is 18.5 Å². The highest BCUT2D eigenvalue weighted by Crippen LogP contribution is 2.27. The van der Waals surface area contributed by atoms with Crippen LogP contribution in [0.1, 0.15) is 12.5 Å². The number of hydrogen-bond donors (Lipinski definition) is 1. The molecule has 1 fully saturated rings. The summed E-state index contributed by atoms with van der Waals surface area (Å²) in [6.45, 7) is 1.73. The molecule has 0 unspecified atom stereocenters. The second-order valence-corrected chi connectivity index (χ2v) is 7.64. The molecule has 0 bridgehead atoms. The minimum Gasteiger partial charge on any atom is -0.481 e. The van der Waals surface area contributed by atoms with Crippen molar-refractivity contribution < 1.29 is 22.7 Å². The number of halogens is 2. The van der Waals surface area contributed by atoms with Crippen LogP contribution in [0.5, 0.6) is 0 Å². The predicted octanol–water partition coefficient (Wildman–Crippen LogP) is 1.96. The van der Waals surface area contributed by atoms with Gasteiger partial charge in [-0.3, -0.25) is 4.79 Å². The van der Waals surface area contributed by atoms with Gasteiger partial charge in [0.2, 0.25) is 10.0 Å². The van der Waals surface area contributed by atoms with Gasteiger partial charge in [0, 0.05) is 23.7 Å². The Bertz CT molecular complexity index is 664. The van der Waals surface area contributed by atoms with Gasteiger partial charge in [0.25, 0.3) is 0 Å². The van der Waals surface area contributed by atoms with Crippen molar-refractivity contribution in [2.24, 2.45) is 11.8 Å². The molecule has 0 saturated carbocycles. The molecule has 0 spiro atoms. The summed E-state index contributed by atoms with van der Waals surface area (Å²) >= 11 is 5.74. The van der Waals surface area contributed by atoms with Gasteiger partial charge >= 0.3 is 5.97 Å². The van der Waals surface area contributed by atoms with E-state index in [1.54, 1.807) is 6.92 Å². The molecule has 2 rings (SSSR count). The summed E-state index contributed by atoms with van der Waals surface area (Å²) < 4.78 is 39.3. The Labute approximate surface area is 127 Å². The van der Waals surface area contributed by atoms with E-state index in [0.29, 0.717) is 0 Å². The minimum atomic E-state index is -3.78. The summed E-state index contributed by atoms with van der Waals surface area (Å²) in [4.78, 5) is 11.0. The number of aliphatic carboxylic acids is 1. The van der Waals surface area contributed by atoms with Crippen LogP contribution in [-0.4, -0.2) is 36.9 Å². The molecular formula is C13H15ClFNO4S. The summed E-state index contributed by atoms with van der Waals surface area (Å²) in [5.41, 5.74) is -0.0195. The summed E-state index contributed by atoms with van der Waals surface area (Å²) in [6, 6.07) is 3.72. The van der Waals surface area contributed by atoms with E-state index in [4.69, 9.17) is 16.7 Å². The van der Waals surface area contributed by atoms with E-state index in [2.05, 4.69) is 0 Å². The van der Waals surface area contributed by atoms with Crippen LogP contribution in [0.25, 0.3) is 0 Å². The van der Waals surface area contributed by atoms with Crippen molar-refractivity contribution in [3.05, 3.63) is 34.6 Å². The zero-order valence-corrected chi connectivity index (χ0v) is 12.9. The summed E-state index contributed by atoms with van der Waals surface area (Å²) in [5, 5.41) is 9.29. The first-order chi connectivity index (χ1) is 9.70. The third kappa shape index (κ3) is 3.53. The van der Waals surface area contributed by atoms with E-state index in [-0.39, 0.29) is 29.6 Å². The predicted molar refractivity (Wildman–Crippen MR) is 75.9 cm³/mol. The number of benzene rings is 1. The van der Waals surface area contributed by atoms with E-state index in [1.807, 2.05) is 0 Å². The molecule has 0 radical (unpaired) electrons. The Balaban J connectivity index is 2.20. The third-order valence-corrected chi connectivity index (χ3v) is 5.63. The first-order valence-electron chi connectivity index (χ1n) is 6.35. The monoisotopic (exact) mass is 335 g/mol. The molecule has 0 aromatic heterocycles. The Morgan fingerprint density at radius 2 is 2.14 bits per heavy atom. The zero-order chi connectivity index (χ0) is 15.8. The number of sulfonamides is 1. The lowest BCUT2D eigenvalue weighted by atomic mass is 9.99. The topological polar surface area (TPSA) is 74.7 Å². The van der Waals surface area contributed by atoms with Crippen LogP contribution in [0.2, 0.25) is 5.02 Å². The fourth-order valence-corrected chi connectivity index (χ4v) is 4.25. The van der Waals surface area contributed by atoms with E-state index < -0.39 is 33.5 Å². The van der Waals surface area contributed by atoms with Crippen LogP contribution in [-0.2, 0) is 20.6 Å². The van der Waals surface area contributed by atoms with Crippen LogP contribution < -0.4 is 0 Å². The van der Waals surface area contributed by atoms with Gasteiger partial charge < -0.3 is 5.11 Å². The molecule has 0 aliphatic carbocycles. The van der Waals surface area contributed by atoms with Crippen molar-refractivity contribution in [2.45, 2.75) is 12.7 Å². The Morgan fingerprint density at radius 3 is 2.71 bits per heavy atom. The second kappa shape index (κ2) is 5.90. The van der Waals surface area contributed by atoms with Crippen LogP contribution in [0, 0.1) is 17.7 Å². The molecular weight excluding hydrogens is 321 g/mol. The Hall–Kier alpha value is -1.18. The van der Waals surface area contributed by atoms with E-state index in [9.17, 15) is 17.6 Å². The van der Waals surface area contributed by atoms with E-state index in [0.717, 1.165) is 10.4 Å². The van der Waals surface area contributed by atoms with Gasteiger partial charge in [-0.2, -0.15) is 0 Å². The maximum Gasteiger partial charge on any atom is 0.308 e. The molecule has 5 nitrogen and oxygen atoms in total. The molecule has 1 N–H and O–H groups in total. The minimum absolute atomic E-state index is 0.0195. The fourth-order valence-electron chi connectivity index (χ4n) is 2.41. The summed E-state index contributed by atoms with van der Waals surface area (Å²) in [7, 11) is -3.78. The average molecular weight is 336 g/mol. The first kappa shape index (κ1) is 16.2. The highest BCUT2D eigenvalue weighted by Gasteiger charge is 2.40. The highest BCUT2D eigenvalue weighted by atomic mass is 35.5. The fraction of sp³-hybridized carbons (Fsp3) is 0.462. The molecule has 1 aromatic rings. The largest absolute Gasteiger partial charge is 0.481 e. The molecule has 1 aromatic carbocycles. The van der Waals surface area contributed by atoms with Crippen molar-refractivity contribution in [3.8, 4) is 0 Å². The molecule has 0 amide bonds. The average Bonchev–Trinajstić information content (AvgIpc) is 2.77. The van der Waals surface area contributed by atoms with Gasteiger partial charge in [0.15, 0.2) is 0 Å². The van der Waals surface area contributed by atoms with Crippen LogP contribution in [0.15, 0.2) is 18.2 Å². The quantitative estimate of drug-likeness (QED) is 0.912. The maximum absolute atomic E-state index is 13.6. The molecule has 1 saturated heterocycles. The van der Waals surface area contributed by atoms with Crippen LogP contribution in [0.4, 0.5) is 4.39 Å². The van der Waals surface area contributed by atoms with Gasteiger partial charge in [-0.15, -0.1) is 0 Å². The number of hydrogen-bond acceptors (Lipinski definition) is 3. The van der Waals surface area contributed by atoms with E-state index in [1.165, 1.54) is 12.1 Å². The normalized spacial score (nSPS) is 23.4. The molecule has 1 aliphatic heterocycles. The lowest BCUT2D eigenvalue weighted by molar-refractivity contribution is -0.142. The van der Waals surface area contributed by atoms with Crippen molar-refractivity contribution in [2.75, 3.05) is 13.1 Å². The Kier molecular flexibility index (Phi) is 4.55. The van der Waals surface area contributed by atoms with Gasteiger partial charge in [0.05, 0.1) is 11.7 Å². The van der Waals surface area contributed by atoms with Gasteiger partial charge in [-0.05, 0) is 24.1 Å². The highest BCUT2D eigenvalue weighted by molar-refractivity contribution is 7.88. The second-order valence-electron chi connectivity index (χ2n) is 5.23. The number of carboxylic acid groups (broad SMARTS) is 1. The SMILES string of the molecule is C[C@@H]1CN(S(=O)(=O)Cc2cc(Cl)ccc2F)C[C@H]1C(=O)O. The van der Waals surface area contributed by atoms with Gasteiger partial charge in [-0.25, -0.2) is 17.1 Å². The number of carboxylic acids is 1. The molecule has 8 heteroatoms. The molecule has 2 atom stereocenters. The lowest BCUT2D eigenvalue weighted by Crippen LogP contribution is -2.31. The summed E-state index contributed by atoms with van der Waals surface area (Å²) in [5.74, 6) is -3.21. The van der Waals surface area contributed by atoms with Gasteiger partial charge in [0.1, 0.15) is 5.82 Å².